The molecule has 2 aliphatic heterocycles. The van der Waals surface area contributed by atoms with Gasteiger partial charge in [-0.1, -0.05) is 48.5 Å². The monoisotopic (exact) mass is 419 g/mol. The molecule has 0 spiro atoms. The van der Waals surface area contributed by atoms with E-state index in [1.807, 2.05) is 54.6 Å². The zero-order valence-corrected chi connectivity index (χ0v) is 16.9. The number of nitrogens with one attached hydrogen (secondary N) is 1. The van der Waals surface area contributed by atoms with Crippen LogP contribution in [0.15, 0.2) is 88.1 Å². The minimum atomic E-state index is -0.340. The zero-order valence-electron chi connectivity index (χ0n) is 16.9. The Balaban J connectivity index is 1.60. The van der Waals surface area contributed by atoms with Crippen LogP contribution >= 0.6 is 0 Å². The molecule has 0 saturated carbocycles. The van der Waals surface area contributed by atoms with Gasteiger partial charge >= 0.3 is 5.63 Å². The number of anilines is 2. The molecule has 5 aromatic rings. The lowest BCUT2D eigenvalue weighted by atomic mass is 9.79. The Morgan fingerprint density at radius 2 is 1.59 bits per heavy atom. The van der Waals surface area contributed by atoms with E-state index in [0.717, 1.165) is 38.7 Å². The van der Waals surface area contributed by atoms with Crippen molar-refractivity contribution in [3.8, 4) is 11.5 Å². The van der Waals surface area contributed by atoms with Crippen molar-refractivity contribution < 1.29 is 13.9 Å². The van der Waals surface area contributed by atoms with E-state index in [9.17, 15) is 4.79 Å². The van der Waals surface area contributed by atoms with Crippen LogP contribution in [0.1, 0.15) is 22.6 Å². The van der Waals surface area contributed by atoms with Crippen LogP contribution in [0.25, 0.3) is 21.7 Å². The summed E-state index contributed by atoms with van der Waals surface area (Å²) in [6, 6.07) is 26.0. The molecule has 4 aromatic carbocycles. The summed E-state index contributed by atoms with van der Waals surface area (Å²) < 4.78 is 17.0. The Labute approximate surface area is 182 Å². The van der Waals surface area contributed by atoms with E-state index in [0.29, 0.717) is 22.6 Å². The van der Waals surface area contributed by atoms with Crippen molar-refractivity contribution in [2.45, 2.75) is 5.92 Å². The third kappa shape index (κ3) is 2.36. The van der Waals surface area contributed by atoms with Crippen molar-refractivity contribution in [2.75, 3.05) is 12.1 Å². The molecule has 0 fully saturated rings. The Morgan fingerprint density at radius 3 is 2.53 bits per heavy atom. The van der Waals surface area contributed by atoms with Gasteiger partial charge in [0.25, 0.3) is 0 Å². The van der Waals surface area contributed by atoms with E-state index in [1.54, 1.807) is 0 Å². The summed E-state index contributed by atoms with van der Waals surface area (Å²) in [5.41, 5.74) is 4.61. The first-order chi connectivity index (χ1) is 15.8. The van der Waals surface area contributed by atoms with E-state index in [4.69, 9.17) is 13.9 Å². The number of hydrogen-bond acceptors (Lipinski definition) is 5. The molecule has 0 radical (unpaired) electrons. The highest BCUT2D eigenvalue weighted by Gasteiger charge is 2.34. The molecule has 0 amide bonds. The molecule has 0 aliphatic carbocycles. The first-order valence-electron chi connectivity index (χ1n) is 10.5. The third-order valence-corrected chi connectivity index (χ3v) is 6.39. The molecule has 5 heteroatoms. The molecule has 7 rings (SSSR count). The number of rotatable bonds is 1. The van der Waals surface area contributed by atoms with Gasteiger partial charge in [0.1, 0.15) is 5.58 Å². The van der Waals surface area contributed by atoms with Crippen LogP contribution in [0, 0.1) is 0 Å². The van der Waals surface area contributed by atoms with Crippen LogP contribution in [-0.4, -0.2) is 6.79 Å². The SMILES string of the molecule is O=c1oc2ccccc2c2c1[C@@H](c1ccc3c(c1)OCO3)c1c(ccc3ccccc13)N2. The number of ether oxygens (including phenoxy) is 2. The van der Waals surface area contributed by atoms with Gasteiger partial charge in [0.05, 0.1) is 11.3 Å². The lowest BCUT2D eigenvalue weighted by molar-refractivity contribution is 0.174. The van der Waals surface area contributed by atoms with Crippen molar-refractivity contribution in [1.82, 2.24) is 0 Å². The predicted octanol–water partition coefficient (Wildman–Crippen LogP) is 5.91. The van der Waals surface area contributed by atoms with Gasteiger partial charge in [-0.2, -0.15) is 0 Å². The van der Waals surface area contributed by atoms with Crippen LogP contribution in [0.3, 0.4) is 0 Å². The van der Waals surface area contributed by atoms with Gasteiger partial charge in [0.15, 0.2) is 11.5 Å². The lowest BCUT2D eigenvalue weighted by Gasteiger charge is -2.30. The molecule has 32 heavy (non-hydrogen) atoms. The fourth-order valence-corrected chi connectivity index (χ4v) is 4.98. The Morgan fingerprint density at radius 1 is 0.781 bits per heavy atom. The highest BCUT2D eigenvalue weighted by molar-refractivity contribution is 6.00. The summed E-state index contributed by atoms with van der Waals surface area (Å²) in [6.07, 6.45) is 0. The normalized spacial score (nSPS) is 15.9. The van der Waals surface area contributed by atoms with E-state index < -0.39 is 0 Å². The molecule has 1 aromatic heterocycles. The van der Waals surface area contributed by atoms with Crippen LogP contribution in [-0.2, 0) is 0 Å². The molecule has 2 aliphatic rings. The quantitative estimate of drug-likeness (QED) is 0.336. The van der Waals surface area contributed by atoms with Crippen molar-refractivity contribution in [1.29, 1.82) is 0 Å². The molecule has 3 heterocycles. The smallest absolute Gasteiger partial charge is 0.342 e. The van der Waals surface area contributed by atoms with Crippen LogP contribution in [0.4, 0.5) is 11.4 Å². The van der Waals surface area contributed by atoms with Crippen molar-refractivity contribution >= 4 is 33.1 Å². The fourth-order valence-electron chi connectivity index (χ4n) is 4.98. The molecule has 0 bridgehead atoms. The highest BCUT2D eigenvalue weighted by Crippen LogP contribution is 2.49. The Bertz CT molecular complexity index is 1620. The summed E-state index contributed by atoms with van der Waals surface area (Å²) in [5, 5.41) is 6.65. The maximum atomic E-state index is 13.4. The predicted molar refractivity (Wildman–Crippen MR) is 123 cm³/mol. The first-order valence-corrected chi connectivity index (χ1v) is 10.5. The topological polar surface area (TPSA) is 60.7 Å². The van der Waals surface area contributed by atoms with Gasteiger partial charge in [-0.05, 0) is 52.2 Å². The standard InChI is InChI=1S/C27H17NO4/c29-27-25-23(16-10-12-21-22(13-16)31-14-30-21)24-17-6-2-1-5-15(17)9-11-19(24)28-26(25)18-7-3-4-8-20(18)32-27/h1-13,23,28H,14H2/t23-/m0/s1. The summed E-state index contributed by atoms with van der Waals surface area (Å²) in [4.78, 5) is 13.4. The zero-order chi connectivity index (χ0) is 21.2. The van der Waals surface area contributed by atoms with E-state index in [1.165, 1.54) is 0 Å². The first kappa shape index (κ1) is 17.4. The van der Waals surface area contributed by atoms with Crippen LogP contribution < -0.4 is 20.4 Å². The van der Waals surface area contributed by atoms with E-state index in [2.05, 4.69) is 29.6 Å². The summed E-state index contributed by atoms with van der Waals surface area (Å²) in [7, 11) is 0. The fraction of sp³-hybridized carbons (Fsp3) is 0.0741. The maximum absolute atomic E-state index is 13.4. The number of benzene rings is 4. The van der Waals surface area contributed by atoms with Crippen LogP contribution in [0.2, 0.25) is 0 Å². The molecule has 0 saturated heterocycles. The Hall–Kier alpha value is -4.25. The third-order valence-electron chi connectivity index (χ3n) is 6.39. The molecule has 5 nitrogen and oxygen atoms in total. The average molecular weight is 419 g/mol. The summed E-state index contributed by atoms with van der Waals surface area (Å²) in [5.74, 6) is 1.09. The lowest BCUT2D eigenvalue weighted by Crippen LogP contribution is -2.22. The van der Waals surface area contributed by atoms with Gasteiger partial charge in [0, 0.05) is 17.0 Å². The van der Waals surface area contributed by atoms with Gasteiger partial charge in [-0.3, -0.25) is 0 Å². The molecule has 154 valence electrons. The molecular weight excluding hydrogens is 402 g/mol. The van der Waals surface area contributed by atoms with Crippen molar-refractivity contribution in [3.05, 3.63) is 106 Å². The number of fused-ring (bicyclic) bond motifs is 7. The van der Waals surface area contributed by atoms with E-state index >= 15 is 0 Å². The van der Waals surface area contributed by atoms with Crippen molar-refractivity contribution in [3.63, 3.8) is 0 Å². The Kier molecular flexibility index (Phi) is 3.47. The van der Waals surface area contributed by atoms with Gasteiger partial charge in [0.2, 0.25) is 6.79 Å². The second-order valence-corrected chi connectivity index (χ2v) is 8.09. The summed E-state index contributed by atoms with van der Waals surface area (Å²) in [6.45, 7) is 0.202. The molecule has 1 N–H and O–H groups in total. The molecular formula is C27H17NO4. The average Bonchev–Trinajstić information content (AvgIpc) is 3.31. The van der Waals surface area contributed by atoms with Gasteiger partial charge in [-0.15, -0.1) is 0 Å². The minimum absolute atomic E-state index is 0.202. The van der Waals surface area contributed by atoms with Gasteiger partial charge < -0.3 is 19.2 Å². The van der Waals surface area contributed by atoms with Crippen molar-refractivity contribution in [2.24, 2.45) is 0 Å². The van der Waals surface area contributed by atoms with Gasteiger partial charge in [-0.25, -0.2) is 4.79 Å². The highest BCUT2D eigenvalue weighted by atomic mass is 16.7. The minimum Gasteiger partial charge on any atom is -0.454 e. The second-order valence-electron chi connectivity index (χ2n) is 8.09. The largest absolute Gasteiger partial charge is 0.454 e. The van der Waals surface area contributed by atoms with Crippen LogP contribution in [0.5, 0.6) is 11.5 Å². The maximum Gasteiger partial charge on any atom is 0.342 e. The number of para-hydroxylation sites is 1. The second kappa shape index (κ2) is 6.37. The summed E-state index contributed by atoms with van der Waals surface area (Å²) >= 11 is 0. The molecule has 0 unspecified atom stereocenters. The molecule has 1 atom stereocenters. The van der Waals surface area contributed by atoms with E-state index in [-0.39, 0.29) is 18.3 Å². The number of hydrogen-bond donors (Lipinski definition) is 1.